The number of tetrazole rings is 1. The summed E-state index contributed by atoms with van der Waals surface area (Å²) in [5, 5.41) is 12.2. The third-order valence-electron chi connectivity index (χ3n) is 4.18. The maximum atomic E-state index is 12.5. The molecule has 3 rings (SSSR count). The fourth-order valence-corrected chi connectivity index (χ4v) is 2.63. The Morgan fingerprint density at radius 2 is 2.00 bits per heavy atom. The largest absolute Gasteiger partial charge is 0.366 e. The van der Waals surface area contributed by atoms with Gasteiger partial charge in [0.1, 0.15) is 6.54 Å². The van der Waals surface area contributed by atoms with Gasteiger partial charge < -0.3 is 10.6 Å². The normalized spacial score (nSPS) is 13.6. The predicted molar refractivity (Wildman–Crippen MR) is 91.4 cm³/mol. The van der Waals surface area contributed by atoms with E-state index in [9.17, 15) is 9.59 Å². The first kappa shape index (κ1) is 17.1. The Balaban J connectivity index is 1.65. The highest BCUT2D eigenvalue weighted by atomic mass is 16.2. The van der Waals surface area contributed by atoms with Crippen LogP contribution in [-0.2, 0) is 11.3 Å². The van der Waals surface area contributed by atoms with Crippen LogP contribution in [0, 0.1) is 5.92 Å². The van der Waals surface area contributed by atoms with Crippen LogP contribution in [0.15, 0.2) is 24.3 Å². The second-order valence-corrected chi connectivity index (χ2v) is 6.37. The summed E-state index contributed by atoms with van der Waals surface area (Å²) in [7, 11) is 0. The standard InChI is InChI=1S/C17H22N6O2/c1-2-9-22(10-12-3-4-12)15(24)11-23-20-17(19-21-23)14-7-5-13(6-8-14)16(18)25/h5-8,12H,2-4,9-11H2,1H3,(H2,18,25). The zero-order chi connectivity index (χ0) is 17.8. The molecule has 0 aliphatic heterocycles. The summed E-state index contributed by atoms with van der Waals surface area (Å²) in [5.74, 6) is 0.591. The topological polar surface area (TPSA) is 107 Å². The van der Waals surface area contributed by atoms with Gasteiger partial charge in [-0.2, -0.15) is 4.80 Å². The van der Waals surface area contributed by atoms with E-state index in [4.69, 9.17) is 5.73 Å². The minimum atomic E-state index is -0.486. The van der Waals surface area contributed by atoms with E-state index in [1.54, 1.807) is 24.3 Å². The Labute approximate surface area is 146 Å². The molecule has 0 saturated heterocycles. The minimum absolute atomic E-state index is 0.0155. The van der Waals surface area contributed by atoms with Crippen molar-refractivity contribution in [1.82, 2.24) is 25.1 Å². The molecule has 2 aromatic rings. The van der Waals surface area contributed by atoms with Gasteiger partial charge in [0.15, 0.2) is 0 Å². The molecule has 8 heteroatoms. The van der Waals surface area contributed by atoms with Crippen LogP contribution in [-0.4, -0.2) is 50.0 Å². The molecule has 2 amide bonds. The molecule has 0 bridgehead atoms. The van der Waals surface area contributed by atoms with E-state index in [0.29, 0.717) is 22.9 Å². The maximum Gasteiger partial charge on any atom is 0.248 e. The Morgan fingerprint density at radius 3 is 2.60 bits per heavy atom. The van der Waals surface area contributed by atoms with Crippen molar-refractivity contribution in [3.05, 3.63) is 29.8 Å². The summed E-state index contributed by atoms with van der Waals surface area (Å²) in [4.78, 5) is 26.8. The van der Waals surface area contributed by atoms with Gasteiger partial charge in [-0.05, 0) is 42.5 Å². The van der Waals surface area contributed by atoms with Crippen LogP contribution in [0.25, 0.3) is 11.4 Å². The number of nitrogens with two attached hydrogens (primary N) is 1. The van der Waals surface area contributed by atoms with Crippen LogP contribution in [0.3, 0.4) is 0 Å². The molecule has 2 N–H and O–H groups in total. The number of nitrogens with zero attached hydrogens (tertiary/aromatic N) is 5. The first-order valence-electron chi connectivity index (χ1n) is 8.52. The number of amides is 2. The van der Waals surface area contributed by atoms with Crippen molar-refractivity contribution in [2.45, 2.75) is 32.7 Å². The number of rotatable bonds is 8. The van der Waals surface area contributed by atoms with Crippen LogP contribution in [0.5, 0.6) is 0 Å². The van der Waals surface area contributed by atoms with Gasteiger partial charge in [0.05, 0.1) is 0 Å². The third-order valence-corrected chi connectivity index (χ3v) is 4.18. The minimum Gasteiger partial charge on any atom is -0.366 e. The fourth-order valence-electron chi connectivity index (χ4n) is 2.63. The summed E-state index contributed by atoms with van der Waals surface area (Å²) < 4.78 is 0. The molecule has 8 nitrogen and oxygen atoms in total. The molecule has 1 fully saturated rings. The highest BCUT2D eigenvalue weighted by Crippen LogP contribution is 2.29. The predicted octanol–water partition coefficient (Wildman–Crippen LogP) is 1.09. The number of primary amides is 1. The third kappa shape index (κ3) is 4.40. The number of carbonyl (C=O) groups is 2. The summed E-state index contributed by atoms with van der Waals surface area (Å²) in [6.07, 6.45) is 3.35. The molecule has 132 valence electrons. The van der Waals surface area contributed by atoms with Crippen molar-refractivity contribution in [3.8, 4) is 11.4 Å². The van der Waals surface area contributed by atoms with Gasteiger partial charge in [0.25, 0.3) is 0 Å². The lowest BCUT2D eigenvalue weighted by Gasteiger charge is -2.21. The van der Waals surface area contributed by atoms with Gasteiger partial charge in [-0.1, -0.05) is 19.1 Å². The lowest BCUT2D eigenvalue weighted by molar-refractivity contribution is -0.132. The van der Waals surface area contributed by atoms with Crippen LogP contribution in [0.4, 0.5) is 0 Å². The number of carbonyl (C=O) groups excluding carboxylic acids is 2. The average molecular weight is 342 g/mol. The smallest absolute Gasteiger partial charge is 0.248 e. The van der Waals surface area contributed by atoms with Crippen molar-refractivity contribution < 1.29 is 9.59 Å². The summed E-state index contributed by atoms with van der Waals surface area (Å²) >= 11 is 0. The van der Waals surface area contributed by atoms with E-state index >= 15 is 0 Å². The molecule has 0 spiro atoms. The Morgan fingerprint density at radius 1 is 1.28 bits per heavy atom. The van der Waals surface area contributed by atoms with Crippen molar-refractivity contribution >= 4 is 11.8 Å². The highest BCUT2D eigenvalue weighted by Gasteiger charge is 2.26. The van der Waals surface area contributed by atoms with Crippen molar-refractivity contribution in [1.29, 1.82) is 0 Å². The Hall–Kier alpha value is -2.77. The molecule has 0 unspecified atom stereocenters. The molecule has 1 heterocycles. The lowest BCUT2D eigenvalue weighted by atomic mass is 10.1. The molecule has 25 heavy (non-hydrogen) atoms. The number of benzene rings is 1. The van der Waals surface area contributed by atoms with E-state index in [2.05, 4.69) is 22.3 Å². The van der Waals surface area contributed by atoms with Crippen molar-refractivity contribution in [3.63, 3.8) is 0 Å². The van der Waals surface area contributed by atoms with Crippen LogP contribution in [0.2, 0.25) is 0 Å². The van der Waals surface area contributed by atoms with Crippen molar-refractivity contribution in [2.75, 3.05) is 13.1 Å². The van der Waals surface area contributed by atoms with Gasteiger partial charge in [0.2, 0.25) is 17.6 Å². The molecular formula is C17H22N6O2. The lowest BCUT2D eigenvalue weighted by Crippen LogP contribution is -2.36. The first-order chi connectivity index (χ1) is 12.1. The second kappa shape index (κ2) is 7.42. The highest BCUT2D eigenvalue weighted by molar-refractivity contribution is 5.93. The summed E-state index contributed by atoms with van der Waals surface area (Å²) in [5.41, 5.74) is 6.36. The maximum absolute atomic E-state index is 12.5. The van der Waals surface area contributed by atoms with Crippen LogP contribution >= 0.6 is 0 Å². The molecule has 0 radical (unpaired) electrons. The Bertz CT molecular complexity index is 751. The molecule has 1 aromatic carbocycles. The SMILES string of the molecule is CCCN(CC1CC1)C(=O)Cn1nnc(-c2ccc(C(N)=O)cc2)n1. The summed E-state index contributed by atoms with van der Waals surface area (Å²) in [6, 6.07) is 6.64. The average Bonchev–Trinajstić information content (AvgIpc) is 3.30. The van der Waals surface area contributed by atoms with Gasteiger partial charge in [-0.25, -0.2) is 0 Å². The van der Waals surface area contributed by atoms with Crippen LogP contribution in [0.1, 0.15) is 36.5 Å². The number of hydrogen-bond acceptors (Lipinski definition) is 5. The summed E-state index contributed by atoms with van der Waals surface area (Å²) in [6.45, 7) is 3.72. The monoisotopic (exact) mass is 342 g/mol. The quantitative estimate of drug-likeness (QED) is 0.772. The molecular weight excluding hydrogens is 320 g/mol. The van der Waals surface area contributed by atoms with E-state index < -0.39 is 5.91 Å². The molecule has 1 aromatic heterocycles. The molecule has 0 atom stereocenters. The van der Waals surface area contributed by atoms with E-state index in [1.165, 1.54) is 17.6 Å². The van der Waals surface area contributed by atoms with Gasteiger partial charge in [-0.3, -0.25) is 9.59 Å². The fraction of sp³-hybridized carbons (Fsp3) is 0.471. The van der Waals surface area contributed by atoms with Gasteiger partial charge in [0, 0.05) is 24.2 Å². The zero-order valence-electron chi connectivity index (χ0n) is 14.3. The molecule has 1 aliphatic rings. The van der Waals surface area contributed by atoms with Crippen LogP contribution < -0.4 is 5.73 Å². The number of hydrogen-bond donors (Lipinski definition) is 1. The first-order valence-corrected chi connectivity index (χ1v) is 8.52. The number of aromatic nitrogens is 4. The van der Waals surface area contributed by atoms with Gasteiger partial charge in [-0.15, -0.1) is 10.2 Å². The van der Waals surface area contributed by atoms with Gasteiger partial charge >= 0.3 is 0 Å². The Kier molecular flexibility index (Phi) is 5.06. The van der Waals surface area contributed by atoms with E-state index in [1.807, 2.05) is 4.90 Å². The van der Waals surface area contributed by atoms with Crippen molar-refractivity contribution in [2.24, 2.45) is 11.7 Å². The zero-order valence-corrected chi connectivity index (χ0v) is 14.3. The van der Waals surface area contributed by atoms with E-state index in [-0.39, 0.29) is 12.5 Å². The second-order valence-electron chi connectivity index (χ2n) is 6.37. The molecule has 1 saturated carbocycles. The molecule has 1 aliphatic carbocycles. The van der Waals surface area contributed by atoms with E-state index in [0.717, 1.165) is 19.5 Å².